The standard InChI is InChI=1S/C21H22O5/c1-5-13(2)25-21-19(22)15-8-6-7-9-16(15)26-20(21)14-10-11-17(23-3)18(12-14)24-4/h6-13H,5H2,1-4H3. The fourth-order valence-electron chi connectivity index (χ4n) is 2.68. The number of para-hydroxylation sites is 1. The number of fused-ring (bicyclic) bond motifs is 1. The molecule has 0 aliphatic heterocycles. The Hall–Kier alpha value is -2.95. The Kier molecular flexibility index (Phi) is 5.16. The van der Waals surface area contributed by atoms with Crippen molar-refractivity contribution in [3.8, 4) is 28.6 Å². The Labute approximate surface area is 152 Å². The molecule has 1 aromatic heterocycles. The molecule has 5 nitrogen and oxygen atoms in total. The Morgan fingerprint density at radius 1 is 1.04 bits per heavy atom. The normalized spacial score (nSPS) is 12.0. The monoisotopic (exact) mass is 354 g/mol. The number of methoxy groups -OCH3 is 2. The van der Waals surface area contributed by atoms with Crippen molar-refractivity contribution in [2.45, 2.75) is 26.4 Å². The maximum atomic E-state index is 13.0. The lowest BCUT2D eigenvalue weighted by Gasteiger charge is -2.16. The number of benzene rings is 2. The molecule has 0 fully saturated rings. The van der Waals surface area contributed by atoms with Gasteiger partial charge in [0, 0.05) is 5.56 Å². The minimum Gasteiger partial charge on any atom is -0.493 e. The molecule has 2 aromatic carbocycles. The highest BCUT2D eigenvalue weighted by Gasteiger charge is 2.20. The first-order valence-electron chi connectivity index (χ1n) is 8.54. The van der Waals surface area contributed by atoms with Crippen molar-refractivity contribution in [3.63, 3.8) is 0 Å². The highest BCUT2D eigenvalue weighted by Crippen LogP contribution is 2.37. The van der Waals surface area contributed by atoms with Crippen LogP contribution in [0.15, 0.2) is 51.7 Å². The number of hydrogen-bond acceptors (Lipinski definition) is 5. The fourth-order valence-corrected chi connectivity index (χ4v) is 2.68. The van der Waals surface area contributed by atoms with Gasteiger partial charge in [-0.2, -0.15) is 0 Å². The van der Waals surface area contributed by atoms with Crippen molar-refractivity contribution in [1.82, 2.24) is 0 Å². The Morgan fingerprint density at radius 2 is 1.77 bits per heavy atom. The van der Waals surface area contributed by atoms with E-state index in [1.54, 1.807) is 38.5 Å². The number of rotatable bonds is 6. The first-order valence-corrected chi connectivity index (χ1v) is 8.54. The molecular weight excluding hydrogens is 332 g/mol. The second-order valence-corrected chi connectivity index (χ2v) is 5.99. The lowest BCUT2D eigenvalue weighted by molar-refractivity contribution is 0.212. The van der Waals surface area contributed by atoms with Crippen LogP contribution < -0.4 is 19.6 Å². The van der Waals surface area contributed by atoms with Crippen LogP contribution in [-0.4, -0.2) is 20.3 Å². The average Bonchev–Trinajstić information content (AvgIpc) is 2.69. The van der Waals surface area contributed by atoms with Crippen molar-refractivity contribution in [2.75, 3.05) is 14.2 Å². The summed E-state index contributed by atoms with van der Waals surface area (Å²) in [5.41, 5.74) is 1.01. The molecule has 1 atom stereocenters. The summed E-state index contributed by atoms with van der Waals surface area (Å²) in [5, 5.41) is 0.495. The molecular formula is C21H22O5. The molecule has 0 aliphatic carbocycles. The van der Waals surface area contributed by atoms with E-state index in [0.29, 0.717) is 33.8 Å². The molecule has 0 radical (unpaired) electrons. The highest BCUT2D eigenvalue weighted by atomic mass is 16.5. The Balaban J connectivity index is 2.26. The molecule has 136 valence electrons. The van der Waals surface area contributed by atoms with Gasteiger partial charge in [-0.1, -0.05) is 19.1 Å². The minimum atomic E-state index is -0.183. The van der Waals surface area contributed by atoms with Crippen LogP contribution in [0.5, 0.6) is 17.2 Å². The highest BCUT2D eigenvalue weighted by molar-refractivity contribution is 5.82. The van der Waals surface area contributed by atoms with Gasteiger partial charge in [0.1, 0.15) is 5.58 Å². The number of hydrogen-bond donors (Lipinski definition) is 0. The van der Waals surface area contributed by atoms with Gasteiger partial charge in [0.2, 0.25) is 11.2 Å². The topological polar surface area (TPSA) is 57.9 Å². The van der Waals surface area contributed by atoms with E-state index in [1.807, 2.05) is 32.0 Å². The molecule has 3 aromatic rings. The van der Waals surface area contributed by atoms with Crippen LogP contribution in [0, 0.1) is 0 Å². The van der Waals surface area contributed by atoms with Gasteiger partial charge < -0.3 is 18.6 Å². The average molecular weight is 354 g/mol. The Bertz CT molecular complexity index is 974. The van der Waals surface area contributed by atoms with Crippen LogP contribution in [0.3, 0.4) is 0 Å². The smallest absolute Gasteiger partial charge is 0.235 e. The summed E-state index contributed by atoms with van der Waals surface area (Å²) in [6, 6.07) is 12.5. The molecule has 0 bridgehead atoms. The van der Waals surface area contributed by atoms with Gasteiger partial charge in [-0.15, -0.1) is 0 Å². The van der Waals surface area contributed by atoms with Gasteiger partial charge in [-0.05, 0) is 43.7 Å². The maximum absolute atomic E-state index is 13.0. The third-order valence-corrected chi connectivity index (χ3v) is 4.30. The van der Waals surface area contributed by atoms with Crippen molar-refractivity contribution in [1.29, 1.82) is 0 Å². The van der Waals surface area contributed by atoms with Crippen LogP contribution in [0.4, 0.5) is 0 Å². The third-order valence-electron chi connectivity index (χ3n) is 4.30. The summed E-state index contributed by atoms with van der Waals surface area (Å²) >= 11 is 0. The SMILES string of the molecule is CCC(C)Oc1c(-c2ccc(OC)c(OC)c2)oc2ccccc2c1=O. The second kappa shape index (κ2) is 7.52. The van der Waals surface area contributed by atoms with E-state index >= 15 is 0 Å². The Morgan fingerprint density at radius 3 is 2.46 bits per heavy atom. The zero-order valence-electron chi connectivity index (χ0n) is 15.4. The lowest BCUT2D eigenvalue weighted by atomic mass is 10.1. The van der Waals surface area contributed by atoms with E-state index in [0.717, 1.165) is 6.42 Å². The van der Waals surface area contributed by atoms with E-state index in [9.17, 15) is 4.79 Å². The zero-order valence-corrected chi connectivity index (χ0v) is 15.4. The van der Waals surface area contributed by atoms with Gasteiger partial charge in [0.05, 0.1) is 25.7 Å². The quantitative estimate of drug-likeness (QED) is 0.645. The summed E-state index contributed by atoms with van der Waals surface area (Å²) in [6.45, 7) is 3.93. The molecule has 0 spiro atoms. The summed E-state index contributed by atoms with van der Waals surface area (Å²) in [5.74, 6) is 1.75. The second-order valence-electron chi connectivity index (χ2n) is 5.99. The molecule has 0 aliphatic rings. The van der Waals surface area contributed by atoms with Crippen molar-refractivity contribution in [3.05, 3.63) is 52.7 Å². The molecule has 0 saturated carbocycles. The van der Waals surface area contributed by atoms with Crippen LogP contribution >= 0.6 is 0 Å². The van der Waals surface area contributed by atoms with Crippen LogP contribution in [0.2, 0.25) is 0 Å². The van der Waals surface area contributed by atoms with E-state index in [-0.39, 0.29) is 17.3 Å². The van der Waals surface area contributed by atoms with Crippen molar-refractivity contribution < 1.29 is 18.6 Å². The summed E-state index contributed by atoms with van der Waals surface area (Å²) in [4.78, 5) is 13.0. The van der Waals surface area contributed by atoms with Gasteiger partial charge in [-0.25, -0.2) is 0 Å². The van der Waals surface area contributed by atoms with Crippen LogP contribution in [-0.2, 0) is 0 Å². The van der Waals surface area contributed by atoms with E-state index < -0.39 is 0 Å². The van der Waals surface area contributed by atoms with Gasteiger partial charge in [-0.3, -0.25) is 4.79 Å². The molecule has 1 heterocycles. The van der Waals surface area contributed by atoms with E-state index in [2.05, 4.69) is 0 Å². The molecule has 0 saturated heterocycles. The van der Waals surface area contributed by atoms with Crippen molar-refractivity contribution in [2.24, 2.45) is 0 Å². The molecule has 0 amide bonds. The third kappa shape index (κ3) is 3.25. The number of ether oxygens (including phenoxy) is 3. The fraction of sp³-hybridized carbons (Fsp3) is 0.286. The predicted octanol–water partition coefficient (Wildman–Crippen LogP) is 4.65. The lowest BCUT2D eigenvalue weighted by Crippen LogP contribution is -2.17. The summed E-state index contributed by atoms with van der Waals surface area (Å²) in [6.07, 6.45) is 0.662. The predicted molar refractivity (Wildman–Crippen MR) is 101 cm³/mol. The van der Waals surface area contributed by atoms with Gasteiger partial charge >= 0.3 is 0 Å². The summed E-state index contributed by atoms with van der Waals surface area (Å²) in [7, 11) is 3.14. The summed E-state index contributed by atoms with van der Waals surface area (Å²) < 4.78 is 22.7. The maximum Gasteiger partial charge on any atom is 0.235 e. The first-order chi connectivity index (χ1) is 12.6. The van der Waals surface area contributed by atoms with Crippen LogP contribution in [0.25, 0.3) is 22.3 Å². The van der Waals surface area contributed by atoms with E-state index in [4.69, 9.17) is 18.6 Å². The zero-order chi connectivity index (χ0) is 18.7. The van der Waals surface area contributed by atoms with Crippen LogP contribution in [0.1, 0.15) is 20.3 Å². The first kappa shape index (κ1) is 17.9. The van der Waals surface area contributed by atoms with Gasteiger partial charge in [0.25, 0.3) is 0 Å². The molecule has 26 heavy (non-hydrogen) atoms. The molecule has 1 unspecified atom stereocenters. The molecule has 5 heteroatoms. The van der Waals surface area contributed by atoms with Gasteiger partial charge in [0.15, 0.2) is 17.3 Å². The minimum absolute atomic E-state index is 0.113. The van der Waals surface area contributed by atoms with Crippen molar-refractivity contribution >= 4 is 11.0 Å². The largest absolute Gasteiger partial charge is 0.493 e. The van der Waals surface area contributed by atoms with E-state index in [1.165, 1.54) is 0 Å². The molecule has 0 N–H and O–H groups in total. The molecule has 3 rings (SSSR count).